The highest BCUT2D eigenvalue weighted by Crippen LogP contribution is 2.27. The number of hydrogen-bond acceptors (Lipinski definition) is 4. The van der Waals surface area contributed by atoms with Crippen LogP contribution >= 0.6 is 11.6 Å². The van der Waals surface area contributed by atoms with Crippen molar-refractivity contribution >= 4 is 28.4 Å². The normalized spacial score (nSPS) is 12.1. The number of fused-ring (bicyclic) bond motifs is 1. The molecule has 0 aliphatic carbocycles. The molecule has 0 aliphatic heterocycles. The fourth-order valence-corrected chi connectivity index (χ4v) is 3.89. The van der Waals surface area contributed by atoms with Gasteiger partial charge >= 0.3 is 0 Å². The SMILES string of the molecule is CCC(c1nc2ccccc2c(=O)n1CCOC)N(CC)C(=O)c1ccccc1Cl. The zero-order valence-corrected chi connectivity index (χ0v) is 18.2. The average molecular weight is 428 g/mol. The van der Waals surface area contributed by atoms with Crippen LogP contribution in [0.1, 0.15) is 42.5 Å². The minimum absolute atomic E-state index is 0.132. The van der Waals surface area contributed by atoms with Crippen LogP contribution in [-0.2, 0) is 11.3 Å². The van der Waals surface area contributed by atoms with Crippen molar-refractivity contribution in [2.75, 3.05) is 20.3 Å². The average Bonchev–Trinajstić information content (AvgIpc) is 2.76. The van der Waals surface area contributed by atoms with Crippen molar-refractivity contribution in [2.24, 2.45) is 0 Å². The summed E-state index contributed by atoms with van der Waals surface area (Å²) in [5, 5.41) is 0.951. The van der Waals surface area contributed by atoms with Crippen LogP contribution in [0.2, 0.25) is 5.02 Å². The molecule has 0 saturated carbocycles. The zero-order chi connectivity index (χ0) is 21.7. The number of ether oxygens (including phenoxy) is 1. The van der Waals surface area contributed by atoms with E-state index in [1.54, 1.807) is 46.9 Å². The number of carbonyl (C=O) groups excluding carboxylic acids is 1. The molecule has 3 rings (SSSR count). The van der Waals surface area contributed by atoms with Gasteiger partial charge in [-0.3, -0.25) is 14.2 Å². The highest BCUT2D eigenvalue weighted by Gasteiger charge is 2.29. The van der Waals surface area contributed by atoms with Crippen molar-refractivity contribution in [3.05, 3.63) is 75.3 Å². The minimum Gasteiger partial charge on any atom is -0.383 e. The van der Waals surface area contributed by atoms with E-state index in [4.69, 9.17) is 21.3 Å². The van der Waals surface area contributed by atoms with Crippen molar-refractivity contribution in [1.82, 2.24) is 14.5 Å². The molecule has 6 nitrogen and oxygen atoms in total. The monoisotopic (exact) mass is 427 g/mol. The van der Waals surface area contributed by atoms with E-state index < -0.39 is 0 Å². The van der Waals surface area contributed by atoms with Gasteiger partial charge in [0.15, 0.2) is 0 Å². The van der Waals surface area contributed by atoms with Crippen LogP contribution in [0.15, 0.2) is 53.3 Å². The van der Waals surface area contributed by atoms with Crippen LogP contribution in [0.3, 0.4) is 0 Å². The molecule has 0 aliphatic rings. The Morgan fingerprint density at radius 3 is 2.53 bits per heavy atom. The van der Waals surface area contributed by atoms with Gasteiger partial charge in [0, 0.05) is 13.7 Å². The van der Waals surface area contributed by atoms with E-state index >= 15 is 0 Å². The van der Waals surface area contributed by atoms with Gasteiger partial charge in [-0.1, -0.05) is 42.8 Å². The first-order valence-electron chi connectivity index (χ1n) is 10.1. The predicted molar refractivity (Wildman–Crippen MR) is 119 cm³/mol. The molecule has 3 aromatic rings. The Labute approximate surface area is 181 Å². The lowest BCUT2D eigenvalue weighted by Crippen LogP contribution is -2.39. The molecule has 1 unspecified atom stereocenters. The molecule has 0 fully saturated rings. The molecule has 7 heteroatoms. The number of halogens is 1. The van der Waals surface area contributed by atoms with Gasteiger partial charge in [-0.2, -0.15) is 0 Å². The quantitative estimate of drug-likeness (QED) is 0.537. The summed E-state index contributed by atoms with van der Waals surface area (Å²) in [6.07, 6.45) is 0.599. The van der Waals surface area contributed by atoms with Gasteiger partial charge < -0.3 is 9.64 Å². The summed E-state index contributed by atoms with van der Waals surface area (Å²) in [6.45, 7) is 5.07. The first kappa shape index (κ1) is 22.0. The van der Waals surface area contributed by atoms with Gasteiger partial charge in [0.05, 0.1) is 40.7 Å². The smallest absolute Gasteiger partial charge is 0.261 e. The third-order valence-electron chi connectivity index (χ3n) is 5.18. The van der Waals surface area contributed by atoms with E-state index in [0.717, 1.165) is 0 Å². The number of methoxy groups -OCH3 is 1. The summed E-state index contributed by atoms with van der Waals surface area (Å²) in [6, 6.07) is 13.9. The number of amides is 1. The highest BCUT2D eigenvalue weighted by molar-refractivity contribution is 6.33. The van der Waals surface area contributed by atoms with Crippen LogP contribution in [-0.4, -0.2) is 40.6 Å². The molecule has 30 heavy (non-hydrogen) atoms. The predicted octanol–water partition coefficient (Wildman–Crippen LogP) is 4.31. The van der Waals surface area contributed by atoms with Crippen molar-refractivity contribution in [3.63, 3.8) is 0 Å². The fourth-order valence-electron chi connectivity index (χ4n) is 3.68. The maximum atomic E-state index is 13.3. The van der Waals surface area contributed by atoms with Crippen molar-refractivity contribution < 1.29 is 9.53 Å². The van der Waals surface area contributed by atoms with Crippen LogP contribution < -0.4 is 5.56 Å². The van der Waals surface area contributed by atoms with E-state index in [0.29, 0.717) is 53.4 Å². The summed E-state index contributed by atoms with van der Waals surface area (Å²) >= 11 is 6.28. The Balaban J connectivity index is 2.15. The molecule has 1 heterocycles. The Morgan fingerprint density at radius 2 is 1.87 bits per heavy atom. The topological polar surface area (TPSA) is 64.4 Å². The van der Waals surface area contributed by atoms with Crippen LogP contribution in [0.4, 0.5) is 0 Å². The summed E-state index contributed by atoms with van der Waals surface area (Å²) < 4.78 is 6.84. The van der Waals surface area contributed by atoms with Gasteiger partial charge in [0.2, 0.25) is 0 Å². The van der Waals surface area contributed by atoms with E-state index in [9.17, 15) is 9.59 Å². The van der Waals surface area contributed by atoms with Gasteiger partial charge in [-0.25, -0.2) is 4.98 Å². The number of nitrogens with zero attached hydrogens (tertiary/aromatic N) is 3. The molecule has 0 spiro atoms. The second kappa shape index (κ2) is 9.87. The lowest BCUT2D eigenvalue weighted by molar-refractivity contribution is 0.0667. The number of para-hydroxylation sites is 1. The molecular weight excluding hydrogens is 402 g/mol. The van der Waals surface area contributed by atoms with Crippen molar-refractivity contribution in [2.45, 2.75) is 32.9 Å². The minimum atomic E-state index is -0.382. The van der Waals surface area contributed by atoms with Crippen LogP contribution in [0.5, 0.6) is 0 Å². The highest BCUT2D eigenvalue weighted by atomic mass is 35.5. The lowest BCUT2D eigenvalue weighted by Gasteiger charge is -2.31. The number of benzene rings is 2. The van der Waals surface area contributed by atoms with E-state index in [-0.39, 0.29) is 17.5 Å². The summed E-state index contributed by atoms with van der Waals surface area (Å²) in [4.78, 5) is 33.1. The van der Waals surface area contributed by atoms with Crippen LogP contribution in [0, 0.1) is 0 Å². The summed E-state index contributed by atoms with van der Waals surface area (Å²) in [5.74, 6) is 0.371. The molecular formula is C23H26ClN3O3. The second-order valence-corrected chi connectivity index (χ2v) is 7.34. The molecule has 0 N–H and O–H groups in total. The van der Waals surface area contributed by atoms with Gasteiger partial charge in [-0.15, -0.1) is 0 Å². The maximum absolute atomic E-state index is 13.3. The Morgan fingerprint density at radius 1 is 1.17 bits per heavy atom. The Kier molecular flexibility index (Phi) is 7.24. The lowest BCUT2D eigenvalue weighted by atomic mass is 10.1. The largest absolute Gasteiger partial charge is 0.383 e. The number of rotatable bonds is 8. The number of aromatic nitrogens is 2. The van der Waals surface area contributed by atoms with Crippen LogP contribution in [0.25, 0.3) is 10.9 Å². The molecule has 1 atom stereocenters. The molecule has 1 aromatic heterocycles. The van der Waals surface area contributed by atoms with Crippen molar-refractivity contribution in [3.8, 4) is 0 Å². The maximum Gasteiger partial charge on any atom is 0.261 e. The van der Waals surface area contributed by atoms with E-state index in [2.05, 4.69) is 0 Å². The third-order valence-corrected chi connectivity index (χ3v) is 5.51. The Hall–Kier alpha value is -2.70. The molecule has 1 amide bonds. The fraction of sp³-hybridized carbons (Fsp3) is 0.348. The van der Waals surface area contributed by atoms with Crippen molar-refractivity contribution in [1.29, 1.82) is 0 Å². The molecule has 158 valence electrons. The zero-order valence-electron chi connectivity index (χ0n) is 17.5. The van der Waals surface area contributed by atoms with Gasteiger partial charge in [-0.05, 0) is 37.6 Å². The van der Waals surface area contributed by atoms with E-state index in [1.807, 2.05) is 32.0 Å². The van der Waals surface area contributed by atoms with Gasteiger partial charge in [0.1, 0.15) is 5.82 Å². The summed E-state index contributed by atoms with van der Waals surface area (Å²) in [7, 11) is 1.59. The molecule has 2 aromatic carbocycles. The first-order chi connectivity index (χ1) is 14.5. The first-order valence-corrected chi connectivity index (χ1v) is 10.4. The number of hydrogen-bond donors (Lipinski definition) is 0. The standard InChI is InChI=1S/C23H26ClN3O3/c1-4-20(26(5-2)22(28)16-10-6-8-12-18(16)24)21-25-19-13-9-7-11-17(19)23(29)27(21)14-15-30-3/h6-13,20H,4-5,14-15H2,1-3H3. The van der Waals surface area contributed by atoms with Gasteiger partial charge in [0.25, 0.3) is 11.5 Å². The van der Waals surface area contributed by atoms with E-state index in [1.165, 1.54) is 0 Å². The molecule has 0 bridgehead atoms. The summed E-state index contributed by atoms with van der Waals surface area (Å²) in [5.41, 5.74) is 0.921. The Bertz CT molecular complexity index is 1100. The third kappa shape index (κ3) is 4.25. The molecule has 0 radical (unpaired) electrons. The molecule has 0 saturated heterocycles. The second-order valence-electron chi connectivity index (χ2n) is 6.93. The number of carbonyl (C=O) groups is 1.